The number of aliphatic hydroxyl groups excluding tert-OH is 2. The number of hydrogen-bond donors (Lipinski definition) is 2. The molecule has 0 bridgehead atoms. The molecule has 20 nitrogen and oxygen atoms in total. The molecule has 6 aromatic rings. The molecule has 532 valence electrons. The molecule has 2 saturated heterocycles. The minimum atomic E-state index is -1.62. The SMILES string of the molecule is C[C@@H](CCC(=O)[C@@H](C)C1C(=O)CC2C3CCC4CC(O[C@@H]5OC(COC(=O)c6ccccc6)[C@H](O)C(OC(=O)c6ccccc6)C5O)CCC4(C)C3CCC21C)CO[C@@H]1OC(COC(=O)c2ccccc2)[C@H](OC(=O)c2ccccc2)C(OC(=O)c2ccccc2)C1OC(=O)c1ccccc1. The number of hydrogen-bond acceptors (Lipinski definition) is 20. The number of rotatable bonds is 24. The van der Waals surface area contributed by atoms with Crippen LogP contribution in [-0.4, -0.2) is 145 Å². The van der Waals surface area contributed by atoms with Gasteiger partial charge in [-0.2, -0.15) is 0 Å². The van der Waals surface area contributed by atoms with Crippen molar-refractivity contribution in [2.75, 3.05) is 19.8 Å². The van der Waals surface area contributed by atoms with Crippen molar-refractivity contribution in [3.05, 3.63) is 215 Å². The molecule has 0 amide bonds. The van der Waals surface area contributed by atoms with Crippen LogP contribution in [0.3, 0.4) is 0 Å². The van der Waals surface area contributed by atoms with Gasteiger partial charge in [0.2, 0.25) is 0 Å². The average Bonchev–Trinajstić information content (AvgIpc) is 1.53. The van der Waals surface area contributed by atoms with Gasteiger partial charge >= 0.3 is 35.8 Å². The van der Waals surface area contributed by atoms with Crippen LogP contribution in [0.5, 0.6) is 0 Å². The third-order valence-electron chi connectivity index (χ3n) is 22.3. The second kappa shape index (κ2) is 32.1. The standard InChI is InChI=1S/C81H88O20/c1-48(45-94-79-71(101-77(91)55-33-21-10-22-34-55)70(100-76(90)54-31-19-9-20-32-54)68(98-74(88)52-27-15-7-16-28-52)64(97-79)47-93-73(87)51-25-13-6-14-26-51)35-38-61(82)49(2)65-62(83)44-60-58-37-36-56-43-57(39-41-80(56,3)59(58)40-42-81(60,65)4)95-78-67(85)69(99-75(89)53-29-17-8-18-30-53)66(84)63(96-78)46-92-72(86)50-23-11-5-12-24-50/h5-34,48-49,56-60,63-71,78-79,84-85H,35-47H2,1-4H3/t48-,49+,56?,57?,58?,59?,60?,63?,64?,65?,66-,67?,68-,69?,70?,71?,78+,79+,80?,81?/m0/s1. The highest BCUT2D eigenvalue weighted by Gasteiger charge is 2.64. The number of esters is 6. The summed E-state index contributed by atoms with van der Waals surface area (Å²) in [6, 6.07) is 49.1. The van der Waals surface area contributed by atoms with Crippen molar-refractivity contribution in [3.8, 4) is 0 Å². The van der Waals surface area contributed by atoms with Crippen LogP contribution in [0.1, 0.15) is 154 Å². The Morgan fingerprint density at radius 3 is 1.43 bits per heavy atom. The molecule has 6 aliphatic rings. The Morgan fingerprint density at radius 1 is 0.485 bits per heavy atom. The van der Waals surface area contributed by atoms with Gasteiger partial charge in [-0.05, 0) is 165 Å². The number of ether oxygens (including phenoxy) is 10. The molecule has 20 heteroatoms. The molecule has 0 radical (unpaired) electrons. The van der Waals surface area contributed by atoms with Crippen LogP contribution in [-0.2, 0) is 57.0 Å². The lowest BCUT2D eigenvalue weighted by molar-refractivity contribution is -0.315. The molecule has 2 N–H and O–H groups in total. The first kappa shape index (κ1) is 72.0. The zero-order valence-electron chi connectivity index (χ0n) is 57.1. The smallest absolute Gasteiger partial charge is 0.338 e. The van der Waals surface area contributed by atoms with Gasteiger partial charge in [0.05, 0.1) is 46.1 Å². The molecule has 6 aromatic carbocycles. The fourth-order valence-electron chi connectivity index (χ4n) is 16.9. The van der Waals surface area contributed by atoms with Crippen molar-refractivity contribution in [3.63, 3.8) is 0 Å². The normalized spacial score (nSPS) is 31.0. The molecule has 4 saturated carbocycles. The maximum Gasteiger partial charge on any atom is 0.338 e. The number of benzene rings is 6. The zero-order valence-corrected chi connectivity index (χ0v) is 57.1. The van der Waals surface area contributed by atoms with E-state index in [-0.39, 0.29) is 87.6 Å². The van der Waals surface area contributed by atoms with Crippen LogP contribution in [0, 0.1) is 52.3 Å². The average molecular weight is 1380 g/mol. The largest absolute Gasteiger partial charge is 0.459 e. The highest BCUT2D eigenvalue weighted by atomic mass is 16.7. The Hall–Kier alpha value is -8.76. The van der Waals surface area contributed by atoms with E-state index < -0.39 is 128 Å². The van der Waals surface area contributed by atoms with Gasteiger partial charge < -0.3 is 57.6 Å². The summed E-state index contributed by atoms with van der Waals surface area (Å²) in [5.41, 5.74) is 0.666. The van der Waals surface area contributed by atoms with Gasteiger partial charge in [0, 0.05) is 24.7 Å². The highest BCUT2D eigenvalue weighted by molar-refractivity contribution is 5.94. The molecule has 2 heterocycles. The Morgan fingerprint density at radius 2 is 0.921 bits per heavy atom. The second-order valence-corrected chi connectivity index (χ2v) is 28.6. The molecule has 14 unspecified atom stereocenters. The van der Waals surface area contributed by atoms with Crippen LogP contribution in [0.15, 0.2) is 182 Å². The fraction of sp³-hybridized carbons (Fsp3) is 0.457. The Labute approximate surface area is 587 Å². The van der Waals surface area contributed by atoms with Gasteiger partial charge in [-0.3, -0.25) is 9.59 Å². The molecular formula is C81H88O20. The van der Waals surface area contributed by atoms with Crippen molar-refractivity contribution in [2.24, 2.45) is 52.3 Å². The van der Waals surface area contributed by atoms with Crippen LogP contribution in [0.4, 0.5) is 0 Å². The molecule has 12 rings (SSSR count). The number of aliphatic hydroxyl groups is 2. The first-order valence-corrected chi connectivity index (χ1v) is 35.3. The van der Waals surface area contributed by atoms with E-state index >= 15 is 0 Å². The first-order valence-electron chi connectivity index (χ1n) is 35.3. The minimum Gasteiger partial charge on any atom is -0.459 e. The van der Waals surface area contributed by atoms with Gasteiger partial charge in [0.15, 0.2) is 37.0 Å². The molecule has 4 aliphatic carbocycles. The molecule has 101 heavy (non-hydrogen) atoms. The maximum absolute atomic E-state index is 14.7. The minimum absolute atomic E-state index is 0.0465. The maximum atomic E-state index is 14.7. The number of fused-ring (bicyclic) bond motifs is 5. The van der Waals surface area contributed by atoms with Gasteiger partial charge in [-0.15, -0.1) is 0 Å². The van der Waals surface area contributed by atoms with Crippen molar-refractivity contribution < 1.29 is 95.9 Å². The monoisotopic (exact) mass is 1380 g/mol. The molecule has 6 fully saturated rings. The topological polar surface area (TPSA) is 269 Å². The molecule has 20 atom stereocenters. The predicted molar refractivity (Wildman–Crippen MR) is 364 cm³/mol. The van der Waals surface area contributed by atoms with E-state index in [1.165, 1.54) is 24.3 Å². The highest BCUT2D eigenvalue weighted by Crippen LogP contribution is 2.68. The van der Waals surface area contributed by atoms with Crippen molar-refractivity contribution in [2.45, 2.75) is 159 Å². The van der Waals surface area contributed by atoms with Gasteiger partial charge in [0.25, 0.3) is 0 Å². The summed E-state index contributed by atoms with van der Waals surface area (Å²) in [6.07, 6.45) is -8.81. The van der Waals surface area contributed by atoms with E-state index in [9.17, 15) is 48.6 Å². The van der Waals surface area contributed by atoms with E-state index in [1.807, 2.05) is 13.8 Å². The molecule has 2 aliphatic heterocycles. The lowest BCUT2D eigenvalue weighted by Gasteiger charge is -2.61. The third-order valence-corrected chi connectivity index (χ3v) is 22.3. The van der Waals surface area contributed by atoms with E-state index in [0.717, 1.165) is 32.1 Å². The van der Waals surface area contributed by atoms with Crippen LogP contribution < -0.4 is 0 Å². The second-order valence-electron chi connectivity index (χ2n) is 28.6. The van der Waals surface area contributed by atoms with Gasteiger partial charge in [-0.25, -0.2) is 28.8 Å². The summed E-state index contributed by atoms with van der Waals surface area (Å²) in [7, 11) is 0. The number of ketones is 2. The van der Waals surface area contributed by atoms with E-state index in [2.05, 4.69) is 13.8 Å². The summed E-state index contributed by atoms with van der Waals surface area (Å²) in [4.78, 5) is 112. The van der Waals surface area contributed by atoms with Crippen molar-refractivity contribution in [1.82, 2.24) is 0 Å². The van der Waals surface area contributed by atoms with Crippen LogP contribution in [0.25, 0.3) is 0 Å². The Balaban J connectivity index is 0.701. The van der Waals surface area contributed by atoms with E-state index in [1.54, 1.807) is 158 Å². The summed E-state index contributed by atoms with van der Waals surface area (Å²) in [5, 5.41) is 23.4. The number of carbonyl (C=O) groups is 8. The number of carbonyl (C=O) groups excluding carboxylic acids is 8. The van der Waals surface area contributed by atoms with E-state index in [4.69, 9.17) is 47.4 Å². The van der Waals surface area contributed by atoms with Gasteiger partial charge in [0.1, 0.15) is 49.2 Å². The lowest BCUT2D eigenvalue weighted by Crippen LogP contribution is -2.63. The zero-order chi connectivity index (χ0) is 71.0. The summed E-state index contributed by atoms with van der Waals surface area (Å²) in [6.45, 7) is 7.35. The summed E-state index contributed by atoms with van der Waals surface area (Å²) < 4.78 is 62.0. The van der Waals surface area contributed by atoms with E-state index in [0.29, 0.717) is 37.2 Å². The van der Waals surface area contributed by atoms with Crippen molar-refractivity contribution in [1.29, 1.82) is 0 Å². The molecular weight excluding hydrogens is 1290 g/mol. The summed E-state index contributed by atoms with van der Waals surface area (Å²) in [5.74, 6) is -5.09. The van der Waals surface area contributed by atoms with Crippen molar-refractivity contribution >= 4 is 47.4 Å². The third kappa shape index (κ3) is 16.1. The van der Waals surface area contributed by atoms with Gasteiger partial charge in [-0.1, -0.05) is 137 Å². The first-order chi connectivity index (χ1) is 48.8. The molecule has 0 spiro atoms. The lowest BCUT2D eigenvalue weighted by atomic mass is 9.44. The van der Waals surface area contributed by atoms with Crippen LogP contribution in [0.2, 0.25) is 0 Å². The molecule has 0 aromatic heterocycles. The Kier molecular flexibility index (Phi) is 22.9. The summed E-state index contributed by atoms with van der Waals surface area (Å²) >= 11 is 0. The fourth-order valence-corrected chi connectivity index (χ4v) is 16.9. The number of Topliss-reactive ketones (excluding diaryl/α,β-unsaturated/α-hetero) is 2. The predicted octanol–water partition coefficient (Wildman–Crippen LogP) is 11.6. The van der Waals surface area contributed by atoms with Crippen LogP contribution >= 0.6 is 0 Å². The quantitative estimate of drug-likeness (QED) is 0.0324. The Bertz CT molecular complexity index is 3840.